The summed E-state index contributed by atoms with van der Waals surface area (Å²) in [7, 11) is 2.97. The molecular weight excluding hydrogens is 622 g/mol. The second-order valence-corrected chi connectivity index (χ2v) is 16.8. The van der Waals surface area contributed by atoms with Crippen molar-refractivity contribution in [2.24, 2.45) is 29.1 Å². The molecule has 1 aromatic rings. The number of benzene rings is 1. The zero-order valence-electron chi connectivity index (χ0n) is 28.5. The standard InChI is InChI=1S/C36H51NO11/c1-19-6-11-26-31(3,40)35(43)25(17-37(26)16-19)33(42)18-34-24(32(33,41)15-27(35)38)10-9-23-30(34,2)13-12-28(36(23,44)48-34)47-29(39)20-7-8-21(45-4)22(14-20)46-5/h7-8,14,19,23-28,38,40-44H,6,9-13,15-18H2,1-5H3/t19-,23+,24-,25-,26-,27-,28-,30-,31+,32+,33+,34+,35-,36-/m0/s1. The van der Waals surface area contributed by atoms with Gasteiger partial charge in [0.25, 0.3) is 0 Å². The number of hydrogen-bond acceptors (Lipinski definition) is 12. The Morgan fingerprint density at radius 2 is 1.60 bits per heavy atom. The van der Waals surface area contributed by atoms with Gasteiger partial charge in [0.05, 0.1) is 31.5 Å². The van der Waals surface area contributed by atoms with Gasteiger partial charge in [0.1, 0.15) is 22.4 Å². The summed E-state index contributed by atoms with van der Waals surface area (Å²) in [5, 5.41) is 74.7. The molecule has 1 aromatic carbocycles. The normalized spacial score (nSPS) is 53.6. The number of methoxy groups -OCH3 is 2. The van der Waals surface area contributed by atoms with E-state index in [0.29, 0.717) is 56.1 Å². The number of piperidine rings is 2. The topological polar surface area (TPSA) is 179 Å². The van der Waals surface area contributed by atoms with Crippen molar-refractivity contribution in [2.75, 3.05) is 27.3 Å². The lowest BCUT2D eigenvalue weighted by Crippen LogP contribution is -2.85. The van der Waals surface area contributed by atoms with Gasteiger partial charge in [-0.1, -0.05) is 13.8 Å². The molecule has 1 spiro atoms. The Bertz CT molecular complexity index is 1520. The van der Waals surface area contributed by atoms with E-state index in [0.717, 1.165) is 6.42 Å². The average Bonchev–Trinajstić information content (AvgIpc) is 3.21. The number of fused-ring (bicyclic) bond motifs is 5. The highest BCUT2D eigenvalue weighted by Crippen LogP contribution is 2.78. The first-order valence-corrected chi connectivity index (χ1v) is 17.6. The lowest BCUT2D eigenvalue weighted by atomic mass is 9.49. The Balaban J connectivity index is 1.16. The molecule has 14 atom stereocenters. The fourth-order valence-electron chi connectivity index (χ4n) is 12.6. The van der Waals surface area contributed by atoms with Crippen LogP contribution in [-0.2, 0) is 9.47 Å². The van der Waals surface area contributed by atoms with Crippen molar-refractivity contribution in [1.29, 1.82) is 0 Å². The molecule has 0 aromatic heterocycles. The van der Waals surface area contributed by atoms with Crippen LogP contribution in [0.1, 0.15) is 82.5 Å². The molecule has 4 saturated carbocycles. The first kappa shape index (κ1) is 33.1. The fraction of sp³-hybridized carbons (Fsp3) is 0.806. The van der Waals surface area contributed by atoms with Gasteiger partial charge in [-0.25, -0.2) is 4.79 Å². The minimum absolute atomic E-state index is 0.101. The summed E-state index contributed by atoms with van der Waals surface area (Å²) in [5.41, 5.74) is -9.44. The van der Waals surface area contributed by atoms with E-state index in [1.165, 1.54) is 20.3 Å². The molecule has 0 amide bonds. The van der Waals surface area contributed by atoms with E-state index in [1.807, 2.05) is 6.92 Å². The summed E-state index contributed by atoms with van der Waals surface area (Å²) >= 11 is 0. The zero-order chi connectivity index (χ0) is 34.4. The van der Waals surface area contributed by atoms with Crippen LogP contribution in [0, 0.1) is 29.1 Å². The van der Waals surface area contributed by atoms with Crippen LogP contribution in [0.25, 0.3) is 0 Å². The quantitative estimate of drug-likeness (QED) is 0.253. The minimum atomic E-state index is -2.10. The van der Waals surface area contributed by atoms with Crippen LogP contribution in [0.15, 0.2) is 18.2 Å². The predicted molar refractivity (Wildman–Crippen MR) is 169 cm³/mol. The fourth-order valence-corrected chi connectivity index (χ4v) is 12.6. The van der Waals surface area contributed by atoms with Crippen LogP contribution in [0.5, 0.6) is 11.5 Å². The third-order valence-electron chi connectivity index (χ3n) is 14.9. The summed E-state index contributed by atoms with van der Waals surface area (Å²) in [5.74, 6) is -3.63. The summed E-state index contributed by atoms with van der Waals surface area (Å²) in [6.07, 6.45) is 0.172. The summed E-state index contributed by atoms with van der Waals surface area (Å²) in [4.78, 5) is 15.6. The van der Waals surface area contributed by atoms with Crippen LogP contribution >= 0.6 is 0 Å². The molecule has 6 N–H and O–H groups in total. The molecule has 4 aliphatic carbocycles. The van der Waals surface area contributed by atoms with E-state index >= 15 is 0 Å². The lowest BCUT2D eigenvalue weighted by molar-refractivity contribution is -0.354. The van der Waals surface area contributed by atoms with Crippen LogP contribution in [-0.4, -0.2) is 121 Å². The Kier molecular flexibility index (Phi) is 6.94. The number of ether oxygens (including phenoxy) is 4. The Hall–Kier alpha value is -2.03. The van der Waals surface area contributed by atoms with Crippen LogP contribution in [0.2, 0.25) is 0 Å². The SMILES string of the molecule is COc1ccc(C(=O)O[C@H]2CC[C@@]3(C)[C@H]4CC[C@H]5[C@]6(O)C[C@H](O)[C@@]7(O)[C@@H](CN8C[C@@H](C)CC[C@H]8[C@@]7(C)O)[C@]6(O)C[C@@]53O[C@]24O)cc1OC. The molecule has 0 radical (unpaired) electrons. The van der Waals surface area contributed by atoms with E-state index in [-0.39, 0.29) is 24.9 Å². The van der Waals surface area contributed by atoms with Gasteiger partial charge in [-0.05, 0) is 69.6 Å². The maximum absolute atomic E-state index is 13.5. The number of carbonyl (C=O) groups is 1. The molecule has 8 rings (SSSR count). The second kappa shape index (κ2) is 10.1. The zero-order valence-corrected chi connectivity index (χ0v) is 28.5. The molecule has 4 bridgehead atoms. The number of aliphatic hydroxyl groups excluding tert-OH is 1. The maximum Gasteiger partial charge on any atom is 0.338 e. The molecule has 3 heterocycles. The Morgan fingerprint density at radius 3 is 2.31 bits per heavy atom. The molecule has 3 aliphatic heterocycles. The third kappa shape index (κ3) is 3.66. The van der Waals surface area contributed by atoms with Crippen molar-refractivity contribution in [3.05, 3.63) is 23.8 Å². The van der Waals surface area contributed by atoms with Crippen molar-refractivity contribution in [3.8, 4) is 11.5 Å². The monoisotopic (exact) mass is 673 g/mol. The summed E-state index contributed by atoms with van der Waals surface area (Å²) < 4.78 is 23.5. The molecule has 7 aliphatic rings. The molecule has 12 nitrogen and oxygen atoms in total. The molecule has 12 heteroatoms. The minimum Gasteiger partial charge on any atom is -0.493 e. The van der Waals surface area contributed by atoms with Gasteiger partial charge in [0.15, 0.2) is 17.6 Å². The number of esters is 1. The van der Waals surface area contributed by atoms with Crippen molar-refractivity contribution in [2.45, 2.75) is 124 Å². The molecule has 3 saturated heterocycles. The van der Waals surface area contributed by atoms with E-state index in [9.17, 15) is 35.4 Å². The highest BCUT2D eigenvalue weighted by atomic mass is 16.7. The van der Waals surface area contributed by atoms with E-state index in [4.69, 9.17) is 18.9 Å². The van der Waals surface area contributed by atoms with E-state index < -0.39 is 81.2 Å². The number of nitrogens with zero attached hydrogens (tertiary/aromatic N) is 1. The highest BCUT2D eigenvalue weighted by Gasteiger charge is 2.88. The molecule has 7 fully saturated rings. The van der Waals surface area contributed by atoms with Gasteiger partial charge in [0, 0.05) is 55.1 Å². The van der Waals surface area contributed by atoms with Crippen molar-refractivity contribution in [1.82, 2.24) is 4.90 Å². The van der Waals surface area contributed by atoms with Crippen molar-refractivity contribution >= 4 is 5.97 Å². The van der Waals surface area contributed by atoms with Crippen LogP contribution in [0.3, 0.4) is 0 Å². The lowest BCUT2D eigenvalue weighted by Gasteiger charge is -2.68. The number of rotatable bonds is 4. The van der Waals surface area contributed by atoms with Crippen molar-refractivity contribution < 1.29 is 54.4 Å². The second-order valence-electron chi connectivity index (χ2n) is 16.8. The predicted octanol–water partition coefficient (Wildman–Crippen LogP) is 1.36. The third-order valence-corrected chi connectivity index (χ3v) is 14.9. The number of aliphatic hydroxyl groups is 6. The van der Waals surface area contributed by atoms with Gasteiger partial charge in [0.2, 0.25) is 5.79 Å². The molecular formula is C36H51NO11. The largest absolute Gasteiger partial charge is 0.493 e. The Morgan fingerprint density at radius 1 is 0.896 bits per heavy atom. The van der Waals surface area contributed by atoms with Gasteiger partial charge >= 0.3 is 5.97 Å². The van der Waals surface area contributed by atoms with Gasteiger partial charge < -0.3 is 49.6 Å². The number of carbonyl (C=O) groups excluding carboxylic acids is 1. The summed E-state index contributed by atoms with van der Waals surface area (Å²) in [6, 6.07) is 4.28. The van der Waals surface area contributed by atoms with Crippen LogP contribution in [0.4, 0.5) is 0 Å². The Labute approximate surface area is 280 Å². The van der Waals surface area contributed by atoms with E-state index in [2.05, 4.69) is 11.8 Å². The smallest absolute Gasteiger partial charge is 0.338 e. The first-order chi connectivity index (χ1) is 22.5. The van der Waals surface area contributed by atoms with Gasteiger partial charge in [-0.3, -0.25) is 4.90 Å². The average molecular weight is 674 g/mol. The first-order valence-electron chi connectivity index (χ1n) is 17.6. The van der Waals surface area contributed by atoms with Crippen molar-refractivity contribution in [3.63, 3.8) is 0 Å². The van der Waals surface area contributed by atoms with Crippen LogP contribution < -0.4 is 9.47 Å². The highest BCUT2D eigenvalue weighted by molar-refractivity contribution is 5.90. The van der Waals surface area contributed by atoms with Gasteiger partial charge in [-0.2, -0.15) is 0 Å². The molecule has 266 valence electrons. The van der Waals surface area contributed by atoms with Gasteiger partial charge in [-0.15, -0.1) is 0 Å². The molecule has 48 heavy (non-hydrogen) atoms. The maximum atomic E-state index is 13.5. The number of hydrogen-bond donors (Lipinski definition) is 6. The van der Waals surface area contributed by atoms with E-state index in [1.54, 1.807) is 19.1 Å². The summed E-state index contributed by atoms with van der Waals surface area (Å²) in [6.45, 7) is 6.57. The molecule has 0 unspecified atom stereocenters.